The Morgan fingerprint density at radius 3 is 2.50 bits per heavy atom. The van der Waals surface area contributed by atoms with Crippen LogP contribution in [0.3, 0.4) is 0 Å². The molecule has 2 aromatic carbocycles. The second kappa shape index (κ2) is 8.35. The summed E-state index contributed by atoms with van der Waals surface area (Å²) in [6.07, 6.45) is 0. The van der Waals surface area contributed by atoms with Gasteiger partial charge in [-0.25, -0.2) is 0 Å². The first-order valence-electron chi connectivity index (χ1n) is 8.55. The maximum Gasteiger partial charge on any atom is 0.387 e. The summed E-state index contributed by atoms with van der Waals surface area (Å²) in [5.74, 6) is -0.395. The maximum atomic E-state index is 13.0. The van der Waals surface area contributed by atoms with E-state index in [2.05, 4.69) is 20.7 Å². The summed E-state index contributed by atoms with van der Waals surface area (Å²) in [7, 11) is 0. The van der Waals surface area contributed by atoms with Gasteiger partial charge in [-0.1, -0.05) is 35.9 Å². The molecule has 1 heterocycles. The molecule has 2 aromatic rings. The first kappa shape index (κ1) is 19.8. The maximum absolute atomic E-state index is 13.0. The van der Waals surface area contributed by atoms with E-state index in [1.54, 1.807) is 37.3 Å². The molecule has 1 aliphatic heterocycles. The van der Waals surface area contributed by atoms with Crippen molar-refractivity contribution in [3.8, 4) is 5.75 Å². The van der Waals surface area contributed by atoms with E-state index < -0.39 is 12.7 Å². The van der Waals surface area contributed by atoms with Crippen LogP contribution < -0.4 is 20.7 Å². The molecule has 0 radical (unpaired) electrons. The van der Waals surface area contributed by atoms with Crippen molar-refractivity contribution < 1.29 is 18.3 Å². The summed E-state index contributed by atoms with van der Waals surface area (Å²) in [6.45, 7) is 0.676. The first-order chi connectivity index (χ1) is 13.3. The van der Waals surface area contributed by atoms with Crippen LogP contribution in [0.25, 0.3) is 0 Å². The lowest BCUT2D eigenvalue weighted by atomic mass is 9.94. The average Bonchev–Trinajstić information content (AvgIpc) is 2.63. The predicted octanol–water partition coefficient (Wildman–Crippen LogP) is 4.03. The number of hydrogen-bond acceptors (Lipinski definition) is 3. The Morgan fingerprint density at radius 1 is 1.14 bits per heavy atom. The Kier molecular flexibility index (Phi) is 5.89. The minimum Gasteiger partial charge on any atom is -0.434 e. The third-order valence-corrected chi connectivity index (χ3v) is 4.49. The van der Waals surface area contributed by atoms with Crippen molar-refractivity contribution in [2.24, 2.45) is 0 Å². The molecule has 146 valence electrons. The molecule has 0 aromatic heterocycles. The largest absolute Gasteiger partial charge is 0.434 e. The number of allylic oxidation sites excluding steroid dienone is 1. The molecule has 0 spiro atoms. The number of carbonyl (C=O) groups is 1. The number of amides is 1. The minimum absolute atomic E-state index is 0.0202. The fourth-order valence-electron chi connectivity index (χ4n) is 2.99. The van der Waals surface area contributed by atoms with Gasteiger partial charge in [0.2, 0.25) is 0 Å². The first-order valence-corrected chi connectivity index (χ1v) is 8.96. The summed E-state index contributed by atoms with van der Waals surface area (Å²) in [5.41, 5.74) is 2.94. The molecular formula is C20H19F2N3O2S. The van der Waals surface area contributed by atoms with Gasteiger partial charge in [0.25, 0.3) is 5.91 Å². The Hall–Kier alpha value is -3.00. The molecule has 1 aliphatic rings. The fourth-order valence-corrected chi connectivity index (χ4v) is 3.26. The molecule has 1 atom stereocenters. The van der Waals surface area contributed by atoms with E-state index in [4.69, 9.17) is 12.2 Å². The summed E-state index contributed by atoms with van der Waals surface area (Å²) >= 11 is 5.20. The highest BCUT2D eigenvalue weighted by Gasteiger charge is 2.32. The van der Waals surface area contributed by atoms with Gasteiger partial charge in [-0.05, 0) is 44.3 Å². The fraction of sp³-hybridized carbons (Fsp3) is 0.200. The number of nitrogens with one attached hydrogen (secondary N) is 3. The number of anilines is 1. The molecule has 0 fully saturated rings. The van der Waals surface area contributed by atoms with Gasteiger partial charge in [0.05, 0.1) is 11.6 Å². The van der Waals surface area contributed by atoms with Crippen molar-refractivity contribution in [3.63, 3.8) is 0 Å². The molecule has 0 bridgehead atoms. The number of alkyl halides is 2. The zero-order chi connectivity index (χ0) is 20.3. The monoisotopic (exact) mass is 403 g/mol. The molecule has 28 heavy (non-hydrogen) atoms. The van der Waals surface area contributed by atoms with Crippen LogP contribution in [0.5, 0.6) is 5.75 Å². The van der Waals surface area contributed by atoms with Crippen LogP contribution in [0.15, 0.2) is 59.8 Å². The molecule has 5 nitrogen and oxygen atoms in total. The van der Waals surface area contributed by atoms with Crippen molar-refractivity contribution in [1.29, 1.82) is 0 Å². The van der Waals surface area contributed by atoms with Crippen LogP contribution in [-0.4, -0.2) is 17.6 Å². The Balaban J connectivity index is 1.97. The Morgan fingerprint density at radius 2 is 1.82 bits per heavy atom. The van der Waals surface area contributed by atoms with Crippen LogP contribution in [0.2, 0.25) is 0 Å². The van der Waals surface area contributed by atoms with E-state index >= 15 is 0 Å². The molecular weight excluding hydrogens is 384 g/mol. The molecule has 8 heteroatoms. The quantitative estimate of drug-likeness (QED) is 0.658. The van der Waals surface area contributed by atoms with Gasteiger partial charge in [-0.3, -0.25) is 4.79 Å². The van der Waals surface area contributed by atoms with Crippen molar-refractivity contribution in [2.75, 3.05) is 5.32 Å². The van der Waals surface area contributed by atoms with E-state index in [0.717, 1.165) is 5.56 Å². The highest BCUT2D eigenvalue weighted by atomic mass is 32.1. The lowest BCUT2D eigenvalue weighted by molar-refractivity contribution is -0.113. The number of aryl methyl sites for hydroxylation is 1. The highest BCUT2D eigenvalue weighted by molar-refractivity contribution is 7.80. The minimum atomic E-state index is -2.98. The second-order valence-electron chi connectivity index (χ2n) is 6.31. The van der Waals surface area contributed by atoms with E-state index in [1.807, 2.05) is 19.1 Å². The van der Waals surface area contributed by atoms with Crippen molar-refractivity contribution in [2.45, 2.75) is 26.5 Å². The average molecular weight is 403 g/mol. The number of para-hydroxylation sites is 1. The van der Waals surface area contributed by atoms with Crippen LogP contribution in [0, 0.1) is 6.92 Å². The zero-order valence-corrected chi connectivity index (χ0v) is 16.1. The molecule has 1 amide bonds. The van der Waals surface area contributed by atoms with Crippen LogP contribution in [0.1, 0.15) is 24.1 Å². The van der Waals surface area contributed by atoms with Crippen molar-refractivity contribution >= 4 is 28.9 Å². The summed E-state index contributed by atoms with van der Waals surface area (Å²) in [5, 5.41) is 9.02. The number of ether oxygens (including phenoxy) is 1. The van der Waals surface area contributed by atoms with Gasteiger partial charge >= 0.3 is 6.61 Å². The van der Waals surface area contributed by atoms with Gasteiger partial charge in [-0.15, -0.1) is 0 Å². The molecule has 3 rings (SSSR count). The lowest BCUT2D eigenvalue weighted by Crippen LogP contribution is -2.45. The SMILES string of the molecule is CC1=C(C(=O)Nc2ccc(C)cc2)[C@H](c2ccccc2OC(F)F)NC(=S)N1. The topological polar surface area (TPSA) is 62.4 Å². The molecule has 0 aliphatic carbocycles. The number of benzene rings is 2. The Bertz CT molecular complexity index is 929. The van der Waals surface area contributed by atoms with Crippen LogP contribution in [0.4, 0.5) is 14.5 Å². The van der Waals surface area contributed by atoms with E-state index in [-0.39, 0.29) is 11.7 Å². The summed E-state index contributed by atoms with van der Waals surface area (Å²) < 4.78 is 30.3. The van der Waals surface area contributed by atoms with Gasteiger partial charge in [0.1, 0.15) is 5.75 Å². The number of rotatable bonds is 5. The number of thiocarbonyl (C=S) groups is 1. The third kappa shape index (κ3) is 4.45. The molecule has 3 N–H and O–H groups in total. The third-order valence-electron chi connectivity index (χ3n) is 4.27. The lowest BCUT2D eigenvalue weighted by Gasteiger charge is -2.31. The molecule has 0 saturated heterocycles. The van der Waals surface area contributed by atoms with E-state index in [1.165, 1.54) is 6.07 Å². The smallest absolute Gasteiger partial charge is 0.387 e. The van der Waals surface area contributed by atoms with Gasteiger partial charge < -0.3 is 20.7 Å². The van der Waals surface area contributed by atoms with Gasteiger partial charge in [0.15, 0.2) is 5.11 Å². The standard InChI is InChI=1S/C20H19F2N3O2S/c1-11-7-9-13(10-8-11)24-18(26)16-12(2)23-20(28)25-17(16)14-5-3-4-6-15(14)27-19(21)22/h3-10,17,19H,1-2H3,(H,24,26)(H2,23,25,28)/t17-/m0/s1. The van der Waals surface area contributed by atoms with E-state index in [9.17, 15) is 13.6 Å². The number of halogens is 2. The van der Waals surface area contributed by atoms with Gasteiger partial charge in [0, 0.05) is 16.9 Å². The van der Waals surface area contributed by atoms with Crippen LogP contribution >= 0.6 is 12.2 Å². The number of carbonyl (C=O) groups excluding carboxylic acids is 1. The summed E-state index contributed by atoms with van der Waals surface area (Å²) in [6, 6.07) is 12.9. The summed E-state index contributed by atoms with van der Waals surface area (Å²) in [4.78, 5) is 13.0. The van der Waals surface area contributed by atoms with Gasteiger partial charge in [-0.2, -0.15) is 8.78 Å². The van der Waals surface area contributed by atoms with Crippen LogP contribution in [-0.2, 0) is 4.79 Å². The van der Waals surface area contributed by atoms with Crippen molar-refractivity contribution in [3.05, 3.63) is 70.9 Å². The van der Waals surface area contributed by atoms with E-state index in [0.29, 0.717) is 27.6 Å². The molecule has 0 saturated carbocycles. The molecule has 0 unspecified atom stereocenters. The number of hydrogen-bond donors (Lipinski definition) is 3. The zero-order valence-electron chi connectivity index (χ0n) is 15.3. The highest BCUT2D eigenvalue weighted by Crippen LogP contribution is 2.34. The normalized spacial score (nSPS) is 16.5. The Labute approximate surface area is 166 Å². The second-order valence-corrected chi connectivity index (χ2v) is 6.71. The predicted molar refractivity (Wildman–Crippen MR) is 107 cm³/mol. The van der Waals surface area contributed by atoms with Crippen molar-refractivity contribution in [1.82, 2.24) is 10.6 Å².